The van der Waals surface area contributed by atoms with Gasteiger partial charge in [0.05, 0.1) is 5.69 Å². The molecule has 0 spiro atoms. The van der Waals surface area contributed by atoms with E-state index in [2.05, 4.69) is 28.0 Å². The molecule has 1 aliphatic heterocycles. The van der Waals surface area contributed by atoms with Crippen LogP contribution in [0.5, 0.6) is 0 Å². The van der Waals surface area contributed by atoms with Gasteiger partial charge in [-0.05, 0) is 32.4 Å². The smallest absolute Gasteiger partial charge is 0.233 e. The van der Waals surface area contributed by atoms with E-state index in [1.165, 1.54) is 25.8 Å². The average Bonchev–Trinajstić information content (AvgIpc) is 2.74. The highest BCUT2D eigenvalue weighted by molar-refractivity contribution is 5.29. The Morgan fingerprint density at radius 3 is 3.18 bits per heavy atom. The zero-order valence-corrected chi connectivity index (χ0v) is 10.2. The Morgan fingerprint density at radius 1 is 1.41 bits per heavy atom. The summed E-state index contributed by atoms with van der Waals surface area (Å²) in [5.41, 5.74) is 1.12. The summed E-state index contributed by atoms with van der Waals surface area (Å²) in [4.78, 5) is 11.3. The molecule has 90 valence electrons. The first kappa shape index (κ1) is 10.7. The van der Waals surface area contributed by atoms with Crippen LogP contribution in [0.1, 0.15) is 31.9 Å². The van der Waals surface area contributed by atoms with Crippen LogP contribution in [0.4, 0.5) is 0 Å². The van der Waals surface area contributed by atoms with E-state index in [0.29, 0.717) is 6.04 Å². The Hall–Kier alpha value is -1.42. The van der Waals surface area contributed by atoms with Gasteiger partial charge in [0.1, 0.15) is 0 Å². The molecule has 0 aromatic carbocycles. The number of likely N-dealkylation sites (tertiary alicyclic amines) is 1. The molecule has 1 saturated heterocycles. The van der Waals surface area contributed by atoms with Gasteiger partial charge in [0.2, 0.25) is 5.78 Å². The SMILES string of the molecule is CC1CCCCN1Cc1cn2cccnc2n1. The first-order chi connectivity index (χ1) is 8.33. The second-order valence-corrected chi connectivity index (χ2v) is 4.87. The lowest BCUT2D eigenvalue weighted by Crippen LogP contribution is -2.36. The predicted molar refractivity (Wildman–Crippen MR) is 66.7 cm³/mol. The largest absolute Gasteiger partial charge is 0.295 e. The van der Waals surface area contributed by atoms with Crippen LogP contribution in [-0.4, -0.2) is 31.9 Å². The van der Waals surface area contributed by atoms with Gasteiger partial charge in [-0.1, -0.05) is 6.42 Å². The Labute approximate surface area is 101 Å². The number of aromatic nitrogens is 3. The number of piperidine rings is 1. The molecule has 4 nitrogen and oxygen atoms in total. The third-order valence-electron chi connectivity index (χ3n) is 3.59. The van der Waals surface area contributed by atoms with Crippen molar-refractivity contribution in [3.05, 3.63) is 30.4 Å². The predicted octanol–water partition coefficient (Wildman–Crippen LogP) is 2.10. The Kier molecular flexibility index (Phi) is 2.81. The highest BCUT2D eigenvalue weighted by atomic mass is 15.2. The summed E-state index contributed by atoms with van der Waals surface area (Å²) < 4.78 is 1.99. The van der Waals surface area contributed by atoms with Crippen molar-refractivity contribution in [3.63, 3.8) is 0 Å². The van der Waals surface area contributed by atoms with E-state index in [9.17, 15) is 0 Å². The minimum Gasteiger partial charge on any atom is -0.295 e. The Bertz CT molecular complexity index is 472. The highest BCUT2D eigenvalue weighted by Gasteiger charge is 2.19. The summed E-state index contributed by atoms with van der Waals surface area (Å²) >= 11 is 0. The Morgan fingerprint density at radius 2 is 2.35 bits per heavy atom. The van der Waals surface area contributed by atoms with Crippen LogP contribution >= 0.6 is 0 Å². The van der Waals surface area contributed by atoms with Crippen molar-refractivity contribution in [2.45, 2.75) is 38.8 Å². The first-order valence-electron chi connectivity index (χ1n) is 6.35. The summed E-state index contributed by atoms with van der Waals surface area (Å²) in [5, 5.41) is 0. The molecule has 1 atom stereocenters. The molecule has 2 aromatic rings. The molecule has 2 aromatic heterocycles. The van der Waals surface area contributed by atoms with Gasteiger partial charge in [0, 0.05) is 31.2 Å². The molecular formula is C13H18N4. The van der Waals surface area contributed by atoms with E-state index in [0.717, 1.165) is 18.0 Å². The van der Waals surface area contributed by atoms with Gasteiger partial charge in [0.25, 0.3) is 0 Å². The molecule has 0 aliphatic carbocycles. The average molecular weight is 230 g/mol. The van der Waals surface area contributed by atoms with Gasteiger partial charge in [-0.25, -0.2) is 9.97 Å². The summed E-state index contributed by atoms with van der Waals surface area (Å²) in [6.45, 7) is 4.46. The second kappa shape index (κ2) is 4.45. The fourth-order valence-corrected chi connectivity index (χ4v) is 2.56. The molecule has 0 radical (unpaired) electrons. The van der Waals surface area contributed by atoms with Crippen LogP contribution in [0.2, 0.25) is 0 Å². The van der Waals surface area contributed by atoms with Crippen LogP contribution in [0.15, 0.2) is 24.7 Å². The maximum atomic E-state index is 4.55. The van der Waals surface area contributed by atoms with E-state index in [1.54, 1.807) is 6.20 Å². The molecule has 1 fully saturated rings. The van der Waals surface area contributed by atoms with Crippen molar-refractivity contribution >= 4 is 5.78 Å². The number of rotatable bonds is 2. The van der Waals surface area contributed by atoms with E-state index in [4.69, 9.17) is 0 Å². The Balaban J connectivity index is 1.79. The van der Waals surface area contributed by atoms with Gasteiger partial charge in [-0.2, -0.15) is 0 Å². The first-order valence-corrected chi connectivity index (χ1v) is 6.35. The second-order valence-electron chi connectivity index (χ2n) is 4.87. The van der Waals surface area contributed by atoms with Crippen molar-refractivity contribution < 1.29 is 0 Å². The van der Waals surface area contributed by atoms with Crippen molar-refractivity contribution in [2.75, 3.05) is 6.54 Å². The van der Waals surface area contributed by atoms with Gasteiger partial charge in [0.15, 0.2) is 0 Å². The monoisotopic (exact) mass is 230 g/mol. The number of nitrogens with zero attached hydrogens (tertiary/aromatic N) is 4. The quantitative estimate of drug-likeness (QED) is 0.792. The van der Waals surface area contributed by atoms with Crippen molar-refractivity contribution in [1.82, 2.24) is 19.3 Å². The summed E-state index contributed by atoms with van der Waals surface area (Å²) in [6.07, 6.45) is 9.86. The van der Waals surface area contributed by atoms with Gasteiger partial charge < -0.3 is 0 Å². The zero-order valence-electron chi connectivity index (χ0n) is 10.2. The van der Waals surface area contributed by atoms with E-state index in [1.807, 2.05) is 16.7 Å². The molecule has 3 heterocycles. The van der Waals surface area contributed by atoms with Gasteiger partial charge in [-0.3, -0.25) is 9.30 Å². The number of imidazole rings is 1. The summed E-state index contributed by atoms with van der Waals surface area (Å²) in [5.74, 6) is 0.798. The van der Waals surface area contributed by atoms with Crippen LogP contribution in [0, 0.1) is 0 Å². The van der Waals surface area contributed by atoms with Gasteiger partial charge >= 0.3 is 0 Å². The van der Waals surface area contributed by atoms with E-state index >= 15 is 0 Å². The van der Waals surface area contributed by atoms with E-state index < -0.39 is 0 Å². The standard InChI is InChI=1S/C13H18N4/c1-11-5-2-3-7-16(11)9-12-10-17-8-4-6-14-13(17)15-12/h4,6,8,10-11H,2-3,5,7,9H2,1H3. The fraction of sp³-hybridized carbons (Fsp3) is 0.538. The molecule has 0 amide bonds. The molecule has 1 unspecified atom stereocenters. The molecule has 3 rings (SSSR count). The lowest BCUT2D eigenvalue weighted by molar-refractivity contribution is 0.151. The molecule has 0 N–H and O–H groups in total. The van der Waals surface area contributed by atoms with E-state index in [-0.39, 0.29) is 0 Å². The molecule has 4 heteroatoms. The highest BCUT2D eigenvalue weighted by Crippen LogP contribution is 2.18. The summed E-state index contributed by atoms with van der Waals surface area (Å²) in [7, 11) is 0. The van der Waals surface area contributed by atoms with Crippen LogP contribution in [0.3, 0.4) is 0 Å². The minimum absolute atomic E-state index is 0.682. The third-order valence-corrected chi connectivity index (χ3v) is 3.59. The number of hydrogen-bond acceptors (Lipinski definition) is 3. The number of hydrogen-bond donors (Lipinski definition) is 0. The molecule has 17 heavy (non-hydrogen) atoms. The maximum absolute atomic E-state index is 4.55. The van der Waals surface area contributed by atoms with Crippen LogP contribution in [0.25, 0.3) is 5.78 Å². The van der Waals surface area contributed by atoms with Crippen molar-refractivity contribution in [1.29, 1.82) is 0 Å². The molecule has 0 bridgehead atoms. The summed E-state index contributed by atoms with van der Waals surface area (Å²) in [6, 6.07) is 2.61. The number of fused-ring (bicyclic) bond motifs is 1. The normalized spacial score (nSPS) is 22.1. The lowest BCUT2D eigenvalue weighted by Gasteiger charge is -2.32. The fourth-order valence-electron chi connectivity index (χ4n) is 2.56. The van der Waals surface area contributed by atoms with Crippen LogP contribution in [-0.2, 0) is 6.54 Å². The topological polar surface area (TPSA) is 33.4 Å². The third kappa shape index (κ3) is 2.17. The molecular weight excluding hydrogens is 212 g/mol. The zero-order chi connectivity index (χ0) is 11.7. The van der Waals surface area contributed by atoms with Crippen molar-refractivity contribution in [2.24, 2.45) is 0 Å². The van der Waals surface area contributed by atoms with Crippen molar-refractivity contribution in [3.8, 4) is 0 Å². The van der Waals surface area contributed by atoms with Gasteiger partial charge in [-0.15, -0.1) is 0 Å². The minimum atomic E-state index is 0.682. The molecule has 0 saturated carbocycles. The molecule has 1 aliphatic rings. The lowest BCUT2D eigenvalue weighted by atomic mass is 10.0. The maximum Gasteiger partial charge on any atom is 0.233 e. The van der Waals surface area contributed by atoms with Crippen LogP contribution < -0.4 is 0 Å².